The van der Waals surface area contributed by atoms with Crippen LogP contribution in [-0.2, 0) is 4.79 Å². The highest BCUT2D eigenvalue weighted by molar-refractivity contribution is 5.59. The average molecular weight is 154 g/mol. The van der Waals surface area contributed by atoms with Crippen molar-refractivity contribution < 1.29 is 4.79 Å². The lowest BCUT2D eigenvalue weighted by Crippen LogP contribution is -2.14. The van der Waals surface area contributed by atoms with E-state index in [4.69, 9.17) is 0 Å². The van der Waals surface area contributed by atoms with E-state index in [9.17, 15) is 4.79 Å². The summed E-state index contributed by atoms with van der Waals surface area (Å²) in [5, 5.41) is 0. The van der Waals surface area contributed by atoms with E-state index in [-0.39, 0.29) is 5.41 Å². The molecule has 0 aromatic carbocycles. The molecule has 64 valence electrons. The average Bonchev–Trinajstić information content (AvgIpc) is 2.33. The molecule has 11 heavy (non-hydrogen) atoms. The summed E-state index contributed by atoms with van der Waals surface area (Å²) in [5.41, 5.74) is 0.00887. The summed E-state index contributed by atoms with van der Waals surface area (Å²) in [7, 11) is 0. The van der Waals surface area contributed by atoms with Gasteiger partial charge in [0.25, 0.3) is 0 Å². The molecule has 1 aliphatic rings. The van der Waals surface area contributed by atoms with Crippen LogP contribution in [0.5, 0.6) is 0 Å². The molecule has 2 unspecified atom stereocenters. The SMILES string of the molecule is CC(C)C1CCC(C)(C=O)C1. The molecule has 0 radical (unpaired) electrons. The van der Waals surface area contributed by atoms with E-state index in [1.54, 1.807) is 0 Å². The first-order chi connectivity index (χ1) is 5.07. The molecular weight excluding hydrogens is 136 g/mol. The summed E-state index contributed by atoms with van der Waals surface area (Å²) in [6.07, 6.45) is 4.59. The van der Waals surface area contributed by atoms with Gasteiger partial charge in [0.15, 0.2) is 0 Å². The van der Waals surface area contributed by atoms with Gasteiger partial charge in [-0.25, -0.2) is 0 Å². The Hall–Kier alpha value is -0.330. The van der Waals surface area contributed by atoms with Crippen molar-refractivity contribution >= 4 is 6.29 Å². The summed E-state index contributed by atoms with van der Waals surface area (Å²) in [4.78, 5) is 10.7. The molecule has 0 N–H and O–H groups in total. The van der Waals surface area contributed by atoms with E-state index in [1.807, 2.05) is 0 Å². The van der Waals surface area contributed by atoms with Crippen LogP contribution in [0.3, 0.4) is 0 Å². The maximum Gasteiger partial charge on any atom is 0.125 e. The molecule has 1 heteroatoms. The van der Waals surface area contributed by atoms with Crippen molar-refractivity contribution in [3.8, 4) is 0 Å². The Morgan fingerprint density at radius 2 is 2.18 bits per heavy atom. The minimum atomic E-state index is 0.00887. The van der Waals surface area contributed by atoms with Crippen LogP contribution < -0.4 is 0 Å². The standard InChI is InChI=1S/C10H18O/c1-8(2)9-4-5-10(3,6-9)7-11/h7-9H,4-6H2,1-3H3. The topological polar surface area (TPSA) is 17.1 Å². The van der Waals surface area contributed by atoms with Crippen LogP contribution in [0, 0.1) is 17.3 Å². The van der Waals surface area contributed by atoms with Crippen molar-refractivity contribution in [2.45, 2.75) is 40.0 Å². The van der Waals surface area contributed by atoms with Gasteiger partial charge in [-0.1, -0.05) is 20.8 Å². The smallest absolute Gasteiger partial charge is 0.125 e. The second-order valence-electron chi connectivity index (χ2n) is 4.52. The largest absolute Gasteiger partial charge is 0.303 e. The Morgan fingerprint density at radius 3 is 2.45 bits per heavy atom. The predicted molar refractivity (Wildman–Crippen MR) is 46.4 cm³/mol. The predicted octanol–water partition coefficient (Wildman–Crippen LogP) is 2.65. The molecule has 0 aromatic rings. The number of hydrogen-bond acceptors (Lipinski definition) is 1. The fraction of sp³-hybridized carbons (Fsp3) is 0.900. The van der Waals surface area contributed by atoms with Gasteiger partial charge in [-0.05, 0) is 31.1 Å². The normalized spacial score (nSPS) is 38.0. The minimum Gasteiger partial charge on any atom is -0.303 e. The van der Waals surface area contributed by atoms with Gasteiger partial charge in [-0.2, -0.15) is 0 Å². The molecular formula is C10H18O. The maximum atomic E-state index is 10.7. The lowest BCUT2D eigenvalue weighted by molar-refractivity contribution is -0.115. The highest BCUT2D eigenvalue weighted by atomic mass is 16.1. The Balaban J connectivity index is 2.52. The van der Waals surface area contributed by atoms with Gasteiger partial charge >= 0.3 is 0 Å². The molecule has 0 heterocycles. The zero-order valence-electron chi connectivity index (χ0n) is 7.76. The van der Waals surface area contributed by atoms with E-state index >= 15 is 0 Å². The first-order valence-corrected chi connectivity index (χ1v) is 4.54. The van der Waals surface area contributed by atoms with Crippen molar-refractivity contribution in [2.24, 2.45) is 17.3 Å². The van der Waals surface area contributed by atoms with E-state index in [1.165, 1.54) is 6.42 Å². The molecule has 1 rings (SSSR count). The van der Waals surface area contributed by atoms with Crippen molar-refractivity contribution in [1.82, 2.24) is 0 Å². The lowest BCUT2D eigenvalue weighted by Gasteiger charge is -2.17. The van der Waals surface area contributed by atoms with Crippen LogP contribution in [0.4, 0.5) is 0 Å². The number of carbonyl (C=O) groups is 1. The summed E-state index contributed by atoms with van der Waals surface area (Å²) >= 11 is 0. The minimum absolute atomic E-state index is 0.00887. The van der Waals surface area contributed by atoms with Crippen molar-refractivity contribution in [2.75, 3.05) is 0 Å². The van der Waals surface area contributed by atoms with E-state index in [0.717, 1.165) is 31.0 Å². The molecule has 2 atom stereocenters. The Kier molecular flexibility index (Phi) is 2.36. The monoisotopic (exact) mass is 154 g/mol. The first-order valence-electron chi connectivity index (χ1n) is 4.54. The Morgan fingerprint density at radius 1 is 1.55 bits per heavy atom. The van der Waals surface area contributed by atoms with Gasteiger partial charge < -0.3 is 4.79 Å². The van der Waals surface area contributed by atoms with E-state index in [2.05, 4.69) is 20.8 Å². The molecule has 0 spiro atoms. The summed E-state index contributed by atoms with van der Waals surface area (Å²) in [5.74, 6) is 1.53. The third-order valence-electron chi connectivity index (χ3n) is 3.04. The summed E-state index contributed by atoms with van der Waals surface area (Å²) in [6.45, 7) is 6.59. The molecule has 1 nitrogen and oxygen atoms in total. The van der Waals surface area contributed by atoms with E-state index in [0.29, 0.717) is 0 Å². The fourth-order valence-electron chi connectivity index (χ4n) is 1.99. The number of carbonyl (C=O) groups excluding carboxylic acids is 1. The molecule has 0 bridgehead atoms. The molecule has 0 saturated heterocycles. The van der Waals surface area contributed by atoms with Crippen LogP contribution in [0.1, 0.15) is 40.0 Å². The zero-order valence-corrected chi connectivity index (χ0v) is 7.76. The van der Waals surface area contributed by atoms with Crippen LogP contribution in [0.25, 0.3) is 0 Å². The maximum absolute atomic E-state index is 10.7. The van der Waals surface area contributed by atoms with Crippen LogP contribution in [0.2, 0.25) is 0 Å². The van der Waals surface area contributed by atoms with Gasteiger partial charge in [-0.15, -0.1) is 0 Å². The first kappa shape index (κ1) is 8.76. The van der Waals surface area contributed by atoms with Gasteiger partial charge in [0.1, 0.15) is 6.29 Å². The summed E-state index contributed by atoms with van der Waals surface area (Å²) < 4.78 is 0. The van der Waals surface area contributed by atoms with Crippen LogP contribution >= 0.6 is 0 Å². The molecule has 0 amide bonds. The molecule has 1 fully saturated rings. The lowest BCUT2D eigenvalue weighted by atomic mass is 9.87. The molecule has 1 aliphatic carbocycles. The third kappa shape index (κ3) is 1.82. The Bertz CT molecular complexity index is 151. The van der Waals surface area contributed by atoms with Gasteiger partial charge in [0, 0.05) is 5.41 Å². The molecule has 1 saturated carbocycles. The third-order valence-corrected chi connectivity index (χ3v) is 3.04. The number of aldehydes is 1. The Labute approximate surface area is 69.2 Å². The van der Waals surface area contributed by atoms with Crippen LogP contribution in [0.15, 0.2) is 0 Å². The van der Waals surface area contributed by atoms with Gasteiger partial charge in [0.05, 0.1) is 0 Å². The summed E-state index contributed by atoms with van der Waals surface area (Å²) in [6, 6.07) is 0. The van der Waals surface area contributed by atoms with Gasteiger partial charge in [0.2, 0.25) is 0 Å². The molecule has 0 aromatic heterocycles. The second kappa shape index (κ2) is 2.96. The second-order valence-corrected chi connectivity index (χ2v) is 4.52. The highest BCUT2D eigenvalue weighted by Crippen LogP contribution is 2.42. The van der Waals surface area contributed by atoms with Crippen LogP contribution in [-0.4, -0.2) is 6.29 Å². The molecule has 0 aliphatic heterocycles. The zero-order chi connectivity index (χ0) is 8.48. The number of hydrogen-bond donors (Lipinski definition) is 0. The highest BCUT2D eigenvalue weighted by Gasteiger charge is 2.35. The van der Waals surface area contributed by atoms with E-state index < -0.39 is 0 Å². The number of rotatable bonds is 2. The quantitative estimate of drug-likeness (QED) is 0.559. The van der Waals surface area contributed by atoms with Crippen molar-refractivity contribution in [1.29, 1.82) is 0 Å². The fourth-order valence-corrected chi connectivity index (χ4v) is 1.99. The van der Waals surface area contributed by atoms with Crippen molar-refractivity contribution in [3.05, 3.63) is 0 Å². The van der Waals surface area contributed by atoms with Crippen molar-refractivity contribution in [3.63, 3.8) is 0 Å². The van der Waals surface area contributed by atoms with Gasteiger partial charge in [-0.3, -0.25) is 0 Å².